The van der Waals surface area contributed by atoms with Gasteiger partial charge < -0.3 is 10.1 Å². The minimum atomic E-state index is -0.666. The standard InChI is InChI=1S/C12H15NO2/c14-11(15)5-10-9-7-13-6-8(9)1-2-12(10)3-4-12/h6-7,10,13H,1-5H2,(H,14,15). The zero-order chi connectivity index (χ0) is 10.5. The van der Waals surface area contributed by atoms with Gasteiger partial charge in [0.1, 0.15) is 0 Å². The Hall–Kier alpha value is -1.25. The maximum atomic E-state index is 10.9. The predicted molar refractivity (Wildman–Crippen MR) is 55.8 cm³/mol. The zero-order valence-electron chi connectivity index (χ0n) is 8.62. The van der Waals surface area contributed by atoms with Crippen molar-refractivity contribution in [1.29, 1.82) is 0 Å². The van der Waals surface area contributed by atoms with E-state index in [4.69, 9.17) is 5.11 Å². The van der Waals surface area contributed by atoms with E-state index in [1.165, 1.54) is 30.4 Å². The molecule has 0 bridgehead atoms. The number of hydrogen-bond donors (Lipinski definition) is 2. The van der Waals surface area contributed by atoms with E-state index in [0.29, 0.717) is 11.8 Å². The molecule has 0 amide bonds. The van der Waals surface area contributed by atoms with E-state index in [9.17, 15) is 4.79 Å². The molecule has 3 rings (SSSR count). The van der Waals surface area contributed by atoms with Gasteiger partial charge >= 0.3 is 5.97 Å². The average molecular weight is 205 g/mol. The lowest BCUT2D eigenvalue weighted by Gasteiger charge is -2.31. The monoisotopic (exact) mass is 205 g/mol. The lowest BCUT2D eigenvalue weighted by Crippen LogP contribution is -2.23. The summed E-state index contributed by atoms with van der Waals surface area (Å²) >= 11 is 0. The van der Waals surface area contributed by atoms with Crippen LogP contribution in [0, 0.1) is 5.41 Å². The van der Waals surface area contributed by atoms with Crippen LogP contribution in [0.15, 0.2) is 12.4 Å². The number of fused-ring (bicyclic) bond motifs is 1. The van der Waals surface area contributed by atoms with Crippen LogP contribution < -0.4 is 0 Å². The van der Waals surface area contributed by atoms with Gasteiger partial charge in [-0.1, -0.05) is 0 Å². The van der Waals surface area contributed by atoms with E-state index in [1.54, 1.807) is 0 Å². The van der Waals surface area contributed by atoms with Crippen molar-refractivity contribution in [3.8, 4) is 0 Å². The molecule has 1 fully saturated rings. The number of hydrogen-bond acceptors (Lipinski definition) is 1. The van der Waals surface area contributed by atoms with Crippen LogP contribution in [0.5, 0.6) is 0 Å². The molecule has 2 N–H and O–H groups in total. The summed E-state index contributed by atoms with van der Waals surface area (Å²) in [6.45, 7) is 0. The molecule has 1 atom stereocenters. The second kappa shape index (κ2) is 2.87. The number of nitrogens with one attached hydrogen (secondary N) is 1. The molecule has 0 aliphatic heterocycles. The Morgan fingerprint density at radius 3 is 2.93 bits per heavy atom. The first-order chi connectivity index (χ1) is 7.21. The van der Waals surface area contributed by atoms with E-state index in [1.807, 2.05) is 12.4 Å². The molecule has 1 saturated carbocycles. The van der Waals surface area contributed by atoms with Gasteiger partial charge in [-0.2, -0.15) is 0 Å². The second-order valence-electron chi connectivity index (χ2n) is 4.95. The molecule has 1 aromatic rings. The topological polar surface area (TPSA) is 53.1 Å². The lowest BCUT2D eigenvalue weighted by atomic mass is 9.72. The fraction of sp³-hybridized carbons (Fsp3) is 0.583. The molecule has 0 aromatic carbocycles. The van der Waals surface area contributed by atoms with Crippen molar-refractivity contribution in [2.24, 2.45) is 5.41 Å². The Labute approximate surface area is 88.5 Å². The van der Waals surface area contributed by atoms with Gasteiger partial charge in [-0.25, -0.2) is 0 Å². The van der Waals surface area contributed by atoms with Gasteiger partial charge in [-0.15, -0.1) is 0 Å². The predicted octanol–water partition coefficient (Wildman–Crippen LogP) is 2.30. The molecule has 2 aliphatic carbocycles. The van der Waals surface area contributed by atoms with Crippen LogP contribution in [-0.4, -0.2) is 16.1 Å². The van der Waals surface area contributed by atoms with Gasteiger partial charge in [0.15, 0.2) is 0 Å². The van der Waals surface area contributed by atoms with Crippen molar-refractivity contribution in [1.82, 2.24) is 4.98 Å². The van der Waals surface area contributed by atoms with Crippen molar-refractivity contribution in [2.75, 3.05) is 0 Å². The highest BCUT2D eigenvalue weighted by atomic mass is 16.4. The number of aryl methyl sites for hydroxylation is 1. The van der Waals surface area contributed by atoms with Crippen molar-refractivity contribution < 1.29 is 9.90 Å². The fourth-order valence-corrected chi connectivity index (χ4v) is 3.10. The van der Waals surface area contributed by atoms with Gasteiger partial charge in [0.05, 0.1) is 6.42 Å². The van der Waals surface area contributed by atoms with Crippen molar-refractivity contribution in [3.63, 3.8) is 0 Å². The van der Waals surface area contributed by atoms with Crippen LogP contribution in [0.2, 0.25) is 0 Å². The van der Waals surface area contributed by atoms with Crippen LogP contribution in [0.25, 0.3) is 0 Å². The third kappa shape index (κ3) is 1.29. The smallest absolute Gasteiger partial charge is 0.303 e. The summed E-state index contributed by atoms with van der Waals surface area (Å²) < 4.78 is 0. The summed E-state index contributed by atoms with van der Waals surface area (Å²) in [7, 11) is 0. The number of aliphatic carboxylic acids is 1. The molecule has 2 aliphatic rings. The summed E-state index contributed by atoms with van der Waals surface area (Å²) in [4.78, 5) is 14.0. The Morgan fingerprint density at radius 2 is 2.27 bits per heavy atom. The Bertz CT molecular complexity index is 404. The number of carboxylic acids is 1. The molecule has 15 heavy (non-hydrogen) atoms. The molecule has 1 heterocycles. The first-order valence-electron chi connectivity index (χ1n) is 5.59. The lowest BCUT2D eigenvalue weighted by molar-refractivity contribution is -0.138. The van der Waals surface area contributed by atoms with E-state index < -0.39 is 5.97 Å². The third-order valence-corrected chi connectivity index (χ3v) is 4.15. The number of H-pyrrole nitrogens is 1. The summed E-state index contributed by atoms with van der Waals surface area (Å²) in [5.41, 5.74) is 2.94. The minimum Gasteiger partial charge on any atom is -0.481 e. The molecule has 1 aromatic heterocycles. The average Bonchev–Trinajstić information content (AvgIpc) is 2.79. The minimum absolute atomic E-state index is 0.255. The van der Waals surface area contributed by atoms with Crippen LogP contribution in [-0.2, 0) is 11.2 Å². The van der Waals surface area contributed by atoms with Crippen LogP contribution in [0.3, 0.4) is 0 Å². The highest BCUT2D eigenvalue weighted by Crippen LogP contribution is 2.62. The van der Waals surface area contributed by atoms with Crippen molar-refractivity contribution in [2.45, 2.75) is 38.0 Å². The Balaban J connectivity index is 1.97. The molecule has 80 valence electrons. The molecular weight excluding hydrogens is 190 g/mol. The summed E-state index contributed by atoms with van der Waals surface area (Å²) in [6, 6.07) is 0. The molecular formula is C12H15NO2. The van der Waals surface area contributed by atoms with E-state index >= 15 is 0 Å². The second-order valence-corrected chi connectivity index (χ2v) is 4.95. The van der Waals surface area contributed by atoms with Gasteiger partial charge in [0.25, 0.3) is 0 Å². The molecule has 0 radical (unpaired) electrons. The quantitative estimate of drug-likeness (QED) is 0.778. The number of carbonyl (C=O) groups is 1. The molecule has 3 heteroatoms. The van der Waals surface area contributed by atoms with Crippen LogP contribution >= 0.6 is 0 Å². The highest BCUT2D eigenvalue weighted by Gasteiger charge is 2.52. The van der Waals surface area contributed by atoms with E-state index in [-0.39, 0.29) is 5.92 Å². The summed E-state index contributed by atoms with van der Waals surface area (Å²) in [5.74, 6) is -0.412. The van der Waals surface area contributed by atoms with Crippen molar-refractivity contribution >= 4 is 5.97 Å². The number of carboxylic acid groups (broad SMARTS) is 1. The van der Waals surface area contributed by atoms with Crippen LogP contribution in [0.4, 0.5) is 0 Å². The first kappa shape index (κ1) is 9.01. The Kier molecular flexibility index (Phi) is 1.73. The first-order valence-corrected chi connectivity index (χ1v) is 5.59. The SMILES string of the molecule is O=C(O)CC1c2c[nH]cc2CCC12CC2. The van der Waals surface area contributed by atoms with Gasteiger partial charge in [-0.3, -0.25) is 4.79 Å². The Morgan fingerprint density at radius 1 is 1.47 bits per heavy atom. The molecule has 1 spiro atoms. The maximum absolute atomic E-state index is 10.9. The normalized spacial score (nSPS) is 26.3. The van der Waals surface area contributed by atoms with Gasteiger partial charge in [-0.05, 0) is 42.2 Å². The number of aromatic nitrogens is 1. The fourth-order valence-electron chi connectivity index (χ4n) is 3.10. The summed E-state index contributed by atoms with van der Waals surface area (Å²) in [6.07, 6.45) is 9.06. The van der Waals surface area contributed by atoms with Crippen LogP contribution in [0.1, 0.15) is 42.7 Å². The van der Waals surface area contributed by atoms with Gasteiger partial charge in [0.2, 0.25) is 0 Å². The summed E-state index contributed by atoms with van der Waals surface area (Å²) in [5, 5.41) is 8.98. The number of rotatable bonds is 2. The third-order valence-electron chi connectivity index (χ3n) is 4.15. The molecule has 0 saturated heterocycles. The highest BCUT2D eigenvalue weighted by molar-refractivity contribution is 5.68. The van der Waals surface area contributed by atoms with Crippen molar-refractivity contribution in [3.05, 3.63) is 23.5 Å². The van der Waals surface area contributed by atoms with Gasteiger partial charge in [0, 0.05) is 18.3 Å². The van der Waals surface area contributed by atoms with E-state index in [0.717, 1.165) is 6.42 Å². The largest absolute Gasteiger partial charge is 0.481 e. The van der Waals surface area contributed by atoms with E-state index in [2.05, 4.69) is 4.98 Å². The maximum Gasteiger partial charge on any atom is 0.303 e. The molecule has 3 nitrogen and oxygen atoms in total. The molecule has 1 unspecified atom stereocenters. The zero-order valence-corrected chi connectivity index (χ0v) is 8.62. The number of aromatic amines is 1.